The van der Waals surface area contributed by atoms with E-state index in [1.54, 1.807) is 30.3 Å². The molecule has 0 aliphatic carbocycles. The summed E-state index contributed by atoms with van der Waals surface area (Å²) in [5, 5.41) is 10.0. The predicted octanol–water partition coefficient (Wildman–Crippen LogP) is 4.69. The molecular weight excluding hydrogens is 388 g/mol. The molecule has 1 N–H and O–H groups in total. The summed E-state index contributed by atoms with van der Waals surface area (Å²) in [5.41, 5.74) is 1.12. The first-order valence-electron chi connectivity index (χ1n) is 5.77. The van der Waals surface area contributed by atoms with Gasteiger partial charge in [0.2, 0.25) is 0 Å². The van der Waals surface area contributed by atoms with Gasteiger partial charge < -0.3 is 9.52 Å². The number of benzene rings is 2. The Hall–Kier alpha value is -1.59. The van der Waals surface area contributed by atoms with E-state index in [1.807, 2.05) is 6.07 Å². The number of halogens is 2. The van der Waals surface area contributed by atoms with Crippen LogP contribution < -0.4 is 5.43 Å². The molecule has 3 aromatic rings. The van der Waals surface area contributed by atoms with Crippen molar-refractivity contribution in [3.8, 4) is 17.1 Å². The van der Waals surface area contributed by atoms with Crippen molar-refractivity contribution in [1.82, 2.24) is 0 Å². The highest BCUT2D eigenvalue weighted by Crippen LogP contribution is 2.31. The molecule has 1 aromatic heterocycles. The van der Waals surface area contributed by atoms with Crippen molar-refractivity contribution in [2.24, 2.45) is 0 Å². The van der Waals surface area contributed by atoms with Crippen molar-refractivity contribution >= 4 is 42.8 Å². The molecule has 1 heterocycles. The van der Waals surface area contributed by atoms with Crippen LogP contribution >= 0.6 is 31.9 Å². The quantitative estimate of drug-likeness (QED) is 0.650. The lowest BCUT2D eigenvalue weighted by Crippen LogP contribution is -2.00. The Kier molecular flexibility index (Phi) is 3.40. The van der Waals surface area contributed by atoms with Crippen molar-refractivity contribution in [2.75, 3.05) is 0 Å². The summed E-state index contributed by atoms with van der Waals surface area (Å²) in [6, 6.07) is 11.7. The molecule has 0 bridgehead atoms. The van der Waals surface area contributed by atoms with Gasteiger partial charge >= 0.3 is 0 Å². The van der Waals surface area contributed by atoms with Crippen molar-refractivity contribution in [1.29, 1.82) is 0 Å². The molecule has 0 saturated heterocycles. The Balaban J connectivity index is 2.29. The minimum atomic E-state index is -0.105. The zero-order valence-corrected chi connectivity index (χ0v) is 13.2. The van der Waals surface area contributed by atoms with Gasteiger partial charge in [-0.05, 0) is 62.2 Å². The largest absolute Gasteiger partial charge is 0.507 e. The number of rotatable bonds is 1. The second kappa shape index (κ2) is 5.07. The van der Waals surface area contributed by atoms with Crippen LogP contribution in [0.5, 0.6) is 5.75 Å². The maximum Gasteiger partial charge on any atom is 0.193 e. The molecule has 0 amide bonds. The topological polar surface area (TPSA) is 50.4 Å². The Bertz CT molecular complexity index is 869. The molecular formula is C15H8Br2O3. The average Bonchev–Trinajstić information content (AvgIpc) is 2.43. The highest BCUT2D eigenvalue weighted by atomic mass is 79.9. The lowest BCUT2D eigenvalue weighted by Gasteiger charge is -2.05. The van der Waals surface area contributed by atoms with E-state index in [2.05, 4.69) is 31.9 Å². The second-order valence-electron chi connectivity index (χ2n) is 4.26. The third kappa shape index (κ3) is 2.27. The van der Waals surface area contributed by atoms with E-state index in [-0.39, 0.29) is 11.2 Å². The first kappa shape index (κ1) is 13.4. The lowest BCUT2D eigenvalue weighted by atomic mass is 10.1. The summed E-state index contributed by atoms with van der Waals surface area (Å²) >= 11 is 6.63. The normalized spacial score (nSPS) is 10.9. The molecule has 5 heteroatoms. The van der Waals surface area contributed by atoms with Gasteiger partial charge in [-0.2, -0.15) is 0 Å². The SMILES string of the molecule is O=c1cc(-c2ccc(O)c(Br)c2)oc2c(Br)cccc12. The Morgan fingerprint density at radius 2 is 1.80 bits per heavy atom. The summed E-state index contributed by atoms with van der Waals surface area (Å²) in [6.07, 6.45) is 0. The van der Waals surface area contributed by atoms with Crippen LogP contribution in [0, 0.1) is 0 Å². The molecule has 0 aliphatic rings. The van der Waals surface area contributed by atoms with Gasteiger partial charge in [-0.3, -0.25) is 4.79 Å². The molecule has 0 unspecified atom stereocenters. The van der Waals surface area contributed by atoms with Crippen LogP contribution in [-0.2, 0) is 0 Å². The van der Waals surface area contributed by atoms with Gasteiger partial charge in [-0.25, -0.2) is 0 Å². The molecule has 0 spiro atoms. The number of fused-ring (bicyclic) bond motifs is 1. The minimum absolute atomic E-state index is 0.105. The smallest absolute Gasteiger partial charge is 0.193 e. The van der Waals surface area contributed by atoms with E-state index < -0.39 is 0 Å². The van der Waals surface area contributed by atoms with Gasteiger partial charge in [0.25, 0.3) is 0 Å². The van der Waals surface area contributed by atoms with Crippen molar-refractivity contribution < 1.29 is 9.52 Å². The number of phenolic OH excluding ortho intramolecular Hbond substituents is 1. The summed E-state index contributed by atoms with van der Waals surface area (Å²) in [7, 11) is 0. The van der Waals surface area contributed by atoms with Crippen LogP contribution in [0.4, 0.5) is 0 Å². The van der Waals surface area contributed by atoms with Gasteiger partial charge in [-0.15, -0.1) is 0 Å². The van der Waals surface area contributed by atoms with Gasteiger partial charge in [0.15, 0.2) is 11.0 Å². The molecule has 0 saturated carbocycles. The number of aromatic hydroxyl groups is 1. The first-order valence-corrected chi connectivity index (χ1v) is 7.36. The molecule has 2 aromatic carbocycles. The number of hydrogen-bond donors (Lipinski definition) is 1. The van der Waals surface area contributed by atoms with E-state index in [1.165, 1.54) is 6.07 Å². The maximum atomic E-state index is 12.1. The molecule has 0 fully saturated rings. The molecule has 100 valence electrons. The molecule has 0 atom stereocenters. The van der Waals surface area contributed by atoms with Crippen molar-refractivity contribution in [3.05, 3.63) is 61.6 Å². The Morgan fingerprint density at radius 1 is 1.00 bits per heavy atom. The van der Waals surface area contributed by atoms with Crippen molar-refractivity contribution in [3.63, 3.8) is 0 Å². The van der Waals surface area contributed by atoms with Gasteiger partial charge in [0.1, 0.15) is 11.5 Å². The van der Waals surface area contributed by atoms with Crippen LogP contribution in [0.15, 0.2) is 60.6 Å². The van der Waals surface area contributed by atoms with E-state index in [9.17, 15) is 9.90 Å². The minimum Gasteiger partial charge on any atom is -0.507 e. The molecule has 3 rings (SSSR count). The van der Waals surface area contributed by atoms with Crippen LogP contribution in [-0.4, -0.2) is 5.11 Å². The molecule has 0 aliphatic heterocycles. The molecule has 0 radical (unpaired) electrons. The standard InChI is InChI=1S/C15H8Br2O3/c16-10-3-1-2-9-13(19)7-14(20-15(9)10)8-4-5-12(18)11(17)6-8/h1-7,18H. The number of phenols is 1. The molecule has 20 heavy (non-hydrogen) atoms. The van der Waals surface area contributed by atoms with E-state index in [0.29, 0.717) is 26.8 Å². The number of hydrogen-bond acceptors (Lipinski definition) is 3. The Labute approximate surface area is 131 Å². The van der Waals surface area contributed by atoms with Crippen molar-refractivity contribution in [2.45, 2.75) is 0 Å². The van der Waals surface area contributed by atoms with Gasteiger partial charge in [0.05, 0.1) is 14.3 Å². The van der Waals surface area contributed by atoms with Crippen LogP contribution in [0.3, 0.4) is 0 Å². The summed E-state index contributed by atoms with van der Waals surface area (Å²) in [6.45, 7) is 0. The van der Waals surface area contributed by atoms with E-state index in [0.717, 1.165) is 4.47 Å². The van der Waals surface area contributed by atoms with E-state index in [4.69, 9.17) is 4.42 Å². The fraction of sp³-hybridized carbons (Fsp3) is 0. The number of para-hydroxylation sites is 1. The van der Waals surface area contributed by atoms with Gasteiger partial charge in [-0.1, -0.05) is 6.07 Å². The first-order chi connectivity index (χ1) is 9.56. The van der Waals surface area contributed by atoms with E-state index >= 15 is 0 Å². The third-order valence-electron chi connectivity index (χ3n) is 2.94. The van der Waals surface area contributed by atoms with Crippen LogP contribution in [0.1, 0.15) is 0 Å². The predicted molar refractivity (Wildman–Crippen MR) is 85.0 cm³/mol. The monoisotopic (exact) mass is 394 g/mol. The second-order valence-corrected chi connectivity index (χ2v) is 5.97. The molecule has 3 nitrogen and oxygen atoms in total. The fourth-order valence-electron chi connectivity index (χ4n) is 1.95. The summed E-state index contributed by atoms with van der Waals surface area (Å²) < 4.78 is 7.08. The fourth-order valence-corrected chi connectivity index (χ4v) is 2.77. The third-order valence-corrected chi connectivity index (χ3v) is 4.20. The lowest BCUT2D eigenvalue weighted by molar-refractivity contribution is 0.472. The Morgan fingerprint density at radius 3 is 2.55 bits per heavy atom. The van der Waals surface area contributed by atoms with Crippen LogP contribution in [0.2, 0.25) is 0 Å². The highest BCUT2D eigenvalue weighted by Gasteiger charge is 2.10. The average molecular weight is 396 g/mol. The van der Waals surface area contributed by atoms with Gasteiger partial charge in [0, 0.05) is 11.6 Å². The maximum absolute atomic E-state index is 12.1. The summed E-state index contributed by atoms with van der Waals surface area (Å²) in [4.78, 5) is 12.1. The summed E-state index contributed by atoms with van der Waals surface area (Å²) in [5.74, 6) is 0.591. The zero-order chi connectivity index (χ0) is 14.3. The van der Waals surface area contributed by atoms with Crippen LogP contribution in [0.25, 0.3) is 22.3 Å². The highest BCUT2D eigenvalue weighted by molar-refractivity contribution is 9.11. The zero-order valence-electron chi connectivity index (χ0n) is 10.1.